The van der Waals surface area contributed by atoms with Crippen LogP contribution >= 0.6 is 11.8 Å². The summed E-state index contributed by atoms with van der Waals surface area (Å²) < 4.78 is 26.3. The van der Waals surface area contributed by atoms with Gasteiger partial charge in [0.05, 0.1) is 23.7 Å². The lowest BCUT2D eigenvalue weighted by Crippen LogP contribution is -2.33. The van der Waals surface area contributed by atoms with E-state index in [0.717, 1.165) is 5.56 Å². The number of thioether (sulfide) groups is 1. The standard InChI is InChI=1S/C13H14N2O2S2/c1-3-10-18-13-14-8-9-15(13)19(16,17)12-6-4-11(2)5-7-12/h1,4-7H,8-10H2,2H3. The average molecular weight is 294 g/mol. The number of aliphatic imine (C=N–C) groups is 1. The summed E-state index contributed by atoms with van der Waals surface area (Å²) in [5.41, 5.74) is 1.02. The van der Waals surface area contributed by atoms with Crippen LogP contribution in [0.3, 0.4) is 0 Å². The number of sulfonamides is 1. The largest absolute Gasteiger partial charge is 0.265 e. The zero-order valence-electron chi connectivity index (χ0n) is 10.5. The van der Waals surface area contributed by atoms with Crippen LogP contribution in [0.5, 0.6) is 0 Å². The van der Waals surface area contributed by atoms with Gasteiger partial charge < -0.3 is 0 Å². The van der Waals surface area contributed by atoms with Gasteiger partial charge in [-0.2, -0.15) is 0 Å². The van der Waals surface area contributed by atoms with Crippen molar-refractivity contribution in [3.63, 3.8) is 0 Å². The first-order valence-electron chi connectivity index (χ1n) is 5.76. The zero-order chi connectivity index (χ0) is 13.9. The van der Waals surface area contributed by atoms with Crippen molar-refractivity contribution < 1.29 is 8.42 Å². The Morgan fingerprint density at radius 1 is 1.42 bits per heavy atom. The van der Waals surface area contributed by atoms with Gasteiger partial charge in [-0.1, -0.05) is 35.4 Å². The van der Waals surface area contributed by atoms with Gasteiger partial charge in [0.15, 0.2) is 5.17 Å². The minimum Gasteiger partial charge on any atom is -0.260 e. The predicted molar refractivity (Wildman–Crippen MR) is 78.7 cm³/mol. The Morgan fingerprint density at radius 2 is 2.11 bits per heavy atom. The fourth-order valence-corrected chi connectivity index (χ4v) is 4.10. The molecule has 1 aliphatic rings. The molecule has 1 heterocycles. The second-order valence-electron chi connectivity index (χ2n) is 4.05. The van der Waals surface area contributed by atoms with Crippen LogP contribution < -0.4 is 0 Å². The maximum atomic E-state index is 12.5. The molecule has 0 spiro atoms. The zero-order valence-corrected chi connectivity index (χ0v) is 12.2. The summed E-state index contributed by atoms with van der Waals surface area (Å²) in [4.78, 5) is 4.48. The number of amidine groups is 1. The summed E-state index contributed by atoms with van der Waals surface area (Å²) in [6.45, 7) is 2.78. The third-order valence-electron chi connectivity index (χ3n) is 2.66. The van der Waals surface area contributed by atoms with E-state index >= 15 is 0 Å². The molecule has 0 aliphatic carbocycles. The monoisotopic (exact) mass is 294 g/mol. The topological polar surface area (TPSA) is 49.7 Å². The van der Waals surface area contributed by atoms with Crippen LogP contribution in [0.2, 0.25) is 0 Å². The van der Waals surface area contributed by atoms with Crippen molar-refractivity contribution in [1.29, 1.82) is 0 Å². The van der Waals surface area contributed by atoms with E-state index in [4.69, 9.17) is 6.42 Å². The molecule has 1 aliphatic heterocycles. The van der Waals surface area contributed by atoms with E-state index in [1.807, 2.05) is 6.92 Å². The quantitative estimate of drug-likeness (QED) is 0.798. The van der Waals surface area contributed by atoms with E-state index < -0.39 is 10.0 Å². The molecule has 0 bridgehead atoms. The highest BCUT2D eigenvalue weighted by Crippen LogP contribution is 2.23. The Bertz CT molecular complexity index is 628. The molecule has 1 aromatic carbocycles. The van der Waals surface area contributed by atoms with Gasteiger partial charge in [-0.3, -0.25) is 4.99 Å². The molecular weight excluding hydrogens is 280 g/mol. The summed E-state index contributed by atoms with van der Waals surface area (Å²) in [5.74, 6) is 2.89. The molecule has 0 saturated carbocycles. The van der Waals surface area contributed by atoms with Crippen LogP contribution in [0, 0.1) is 19.3 Å². The van der Waals surface area contributed by atoms with Crippen LogP contribution in [-0.4, -0.2) is 36.7 Å². The Kier molecular flexibility index (Phi) is 4.17. The Hall–Kier alpha value is -1.45. The Balaban J connectivity index is 2.27. The summed E-state index contributed by atoms with van der Waals surface area (Å²) in [6.07, 6.45) is 5.20. The minimum absolute atomic E-state index is 0.286. The maximum Gasteiger partial charge on any atom is 0.265 e. The van der Waals surface area contributed by atoms with E-state index in [1.165, 1.54) is 16.1 Å². The van der Waals surface area contributed by atoms with Gasteiger partial charge in [0, 0.05) is 0 Å². The van der Waals surface area contributed by atoms with E-state index in [9.17, 15) is 8.42 Å². The first-order valence-corrected chi connectivity index (χ1v) is 8.18. The lowest BCUT2D eigenvalue weighted by atomic mass is 10.2. The molecule has 0 saturated heterocycles. The highest BCUT2D eigenvalue weighted by Gasteiger charge is 2.30. The van der Waals surface area contributed by atoms with Crippen LogP contribution in [0.4, 0.5) is 0 Å². The van der Waals surface area contributed by atoms with Crippen molar-refractivity contribution in [3.8, 4) is 12.3 Å². The molecule has 100 valence electrons. The number of terminal acetylenes is 1. The van der Waals surface area contributed by atoms with Crippen LogP contribution in [0.25, 0.3) is 0 Å². The van der Waals surface area contributed by atoms with Crippen LogP contribution in [0.15, 0.2) is 34.2 Å². The number of rotatable bonds is 3. The van der Waals surface area contributed by atoms with Gasteiger partial charge in [-0.25, -0.2) is 12.7 Å². The number of hydrogen-bond donors (Lipinski definition) is 0. The number of hydrogen-bond acceptors (Lipinski definition) is 4. The summed E-state index contributed by atoms with van der Waals surface area (Å²) in [5, 5.41) is 0.485. The molecule has 0 amide bonds. The molecule has 19 heavy (non-hydrogen) atoms. The van der Waals surface area contributed by atoms with Crippen molar-refractivity contribution in [2.24, 2.45) is 4.99 Å². The van der Waals surface area contributed by atoms with Gasteiger partial charge in [-0.05, 0) is 19.1 Å². The number of nitrogens with zero attached hydrogens (tertiary/aromatic N) is 2. The SMILES string of the molecule is C#CCSC1=NCCN1S(=O)(=O)c1ccc(C)cc1. The van der Waals surface area contributed by atoms with Gasteiger partial charge in [-0.15, -0.1) is 6.42 Å². The first kappa shape index (κ1) is 14.0. The minimum atomic E-state index is -3.52. The highest BCUT2D eigenvalue weighted by molar-refractivity contribution is 8.15. The average Bonchev–Trinajstić information content (AvgIpc) is 2.86. The summed E-state index contributed by atoms with van der Waals surface area (Å²) >= 11 is 1.28. The molecular formula is C13H14N2O2S2. The maximum absolute atomic E-state index is 12.5. The Morgan fingerprint density at radius 3 is 2.74 bits per heavy atom. The summed E-state index contributed by atoms with van der Waals surface area (Å²) in [7, 11) is -3.52. The molecule has 0 radical (unpaired) electrons. The fraction of sp³-hybridized carbons (Fsp3) is 0.308. The van der Waals surface area contributed by atoms with Crippen molar-refractivity contribution >= 4 is 27.0 Å². The van der Waals surface area contributed by atoms with Gasteiger partial charge in [0.2, 0.25) is 0 Å². The number of benzene rings is 1. The molecule has 4 nitrogen and oxygen atoms in total. The van der Waals surface area contributed by atoms with Gasteiger partial charge in [0.25, 0.3) is 10.0 Å². The summed E-state index contributed by atoms with van der Waals surface area (Å²) in [6, 6.07) is 6.81. The third-order valence-corrected chi connectivity index (χ3v) is 5.50. The van der Waals surface area contributed by atoms with E-state index in [-0.39, 0.29) is 4.90 Å². The Labute approximate surface area is 118 Å². The highest BCUT2D eigenvalue weighted by atomic mass is 32.2. The van der Waals surface area contributed by atoms with Crippen molar-refractivity contribution in [3.05, 3.63) is 29.8 Å². The van der Waals surface area contributed by atoms with Crippen molar-refractivity contribution in [2.45, 2.75) is 11.8 Å². The predicted octanol–water partition coefficient (Wildman–Crippen LogP) is 1.72. The molecule has 6 heteroatoms. The van der Waals surface area contributed by atoms with E-state index in [1.54, 1.807) is 24.3 Å². The first-order chi connectivity index (χ1) is 9.05. The van der Waals surface area contributed by atoms with Crippen LogP contribution in [-0.2, 0) is 10.0 Å². The second kappa shape index (κ2) is 5.68. The van der Waals surface area contributed by atoms with Gasteiger partial charge in [0.1, 0.15) is 0 Å². The molecule has 0 aromatic heterocycles. The lowest BCUT2D eigenvalue weighted by Gasteiger charge is -2.19. The molecule has 0 unspecified atom stereocenters. The molecule has 0 N–H and O–H groups in total. The van der Waals surface area contributed by atoms with Gasteiger partial charge >= 0.3 is 0 Å². The third kappa shape index (κ3) is 2.94. The number of aryl methyl sites for hydroxylation is 1. The lowest BCUT2D eigenvalue weighted by molar-refractivity contribution is 0.540. The molecule has 1 aromatic rings. The van der Waals surface area contributed by atoms with E-state index in [2.05, 4.69) is 10.9 Å². The van der Waals surface area contributed by atoms with Crippen LogP contribution in [0.1, 0.15) is 5.56 Å². The smallest absolute Gasteiger partial charge is 0.260 e. The molecule has 0 fully saturated rings. The fourth-order valence-electron chi connectivity index (χ4n) is 1.70. The van der Waals surface area contributed by atoms with E-state index in [0.29, 0.717) is 24.0 Å². The second-order valence-corrected chi connectivity index (χ2v) is 6.85. The normalized spacial score (nSPS) is 15.2. The van der Waals surface area contributed by atoms with Crippen molar-refractivity contribution in [1.82, 2.24) is 4.31 Å². The molecule has 0 atom stereocenters. The molecule has 2 rings (SSSR count). The van der Waals surface area contributed by atoms with Crippen molar-refractivity contribution in [2.75, 3.05) is 18.8 Å².